The molecule has 1 saturated carbocycles. The third kappa shape index (κ3) is 4.73. The Balaban J connectivity index is 0.00000176. The minimum Gasteiger partial charge on any atom is -0.373 e. The fraction of sp³-hybridized carbons (Fsp3) is 0.941. The Labute approximate surface area is 152 Å². The summed E-state index contributed by atoms with van der Waals surface area (Å²) >= 11 is 0. The zero-order valence-electron chi connectivity index (χ0n) is 14.0. The molecule has 2 saturated heterocycles. The molecule has 0 radical (unpaired) electrons. The minimum atomic E-state index is 0. The van der Waals surface area contributed by atoms with Gasteiger partial charge in [-0.2, -0.15) is 0 Å². The summed E-state index contributed by atoms with van der Waals surface area (Å²) in [6.07, 6.45) is 9.97. The molecule has 2 aliphatic heterocycles. The standard InChI is InChI=1S/C17H31N3O.HI/c1-3-18-17(19-11-13-6-4-12(2)5-7-13)20-15-10-14-8-9-16(15)21-14;/h12-16H,3-11H2,1-2H3,(H2,18,19,20);1H. The molecule has 3 atom stereocenters. The fourth-order valence-electron chi connectivity index (χ4n) is 4.02. The molecule has 4 nitrogen and oxygen atoms in total. The molecule has 3 aliphatic rings. The second kappa shape index (κ2) is 8.71. The Morgan fingerprint density at radius 3 is 2.50 bits per heavy atom. The summed E-state index contributed by atoms with van der Waals surface area (Å²) in [4.78, 5) is 4.85. The first-order valence-corrected chi connectivity index (χ1v) is 8.95. The fourth-order valence-corrected chi connectivity index (χ4v) is 4.02. The van der Waals surface area contributed by atoms with Gasteiger partial charge < -0.3 is 15.4 Å². The van der Waals surface area contributed by atoms with Crippen molar-refractivity contribution in [3.8, 4) is 0 Å². The van der Waals surface area contributed by atoms with Gasteiger partial charge in [0, 0.05) is 13.1 Å². The van der Waals surface area contributed by atoms with Gasteiger partial charge in [0.15, 0.2) is 5.96 Å². The van der Waals surface area contributed by atoms with Crippen LogP contribution in [0.3, 0.4) is 0 Å². The van der Waals surface area contributed by atoms with E-state index >= 15 is 0 Å². The van der Waals surface area contributed by atoms with E-state index in [0.29, 0.717) is 18.2 Å². The van der Waals surface area contributed by atoms with Crippen molar-refractivity contribution < 1.29 is 4.74 Å². The van der Waals surface area contributed by atoms with Crippen LogP contribution in [0.1, 0.15) is 58.8 Å². The predicted octanol–water partition coefficient (Wildman–Crippen LogP) is 3.31. The van der Waals surface area contributed by atoms with Crippen molar-refractivity contribution in [2.24, 2.45) is 16.8 Å². The Morgan fingerprint density at radius 1 is 1.14 bits per heavy atom. The summed E-state index contributed by atoms with van der Waals surface area (Å²) in [7, 11) is 0. The van der Waals surface area contributed by atoms with Crippen molar-refractivity contribution in [3.63, 3.8) is 0 Å². The second-order valence-electron chi connectivity index (χ2n) is 7.21. The maximum Gasteiger partial charge on any atom is 0.191 e. The number of nitrogens with zero attached hydrogens (tertiary/aromatic N) is 1. The van der Waals surface area contributed by atoms with Crippen molar-refractivity contribution in [1.29, 1.82) is 0 Å². The number of guanidine groups is 1. The number of halogens is 1. The quantitative estimate of drug-likeness (QED) is 0.416. The van der Waals surface area contributed by atoms with Crippen LogP contribution < -0.4 is 10.6 Å². The van der Waals surface area contributed by atoms with Crippen LogP contribution in [0.15, 0.2) is 4.99 Å². The van der Waals surface area contributed by atoms with Gasteiger partial charge in [-0.3, -0.25) is 4.99 Å². The van der Waals surface area contributed by atoms with Crippen molar-refractivity contribution in [1.82, 2.24) is 10.6 Å². The molecule has 3 unspecified atom stereocenters. The molecule has 0 aromatic carbocycles. The van der Waals surface area contributed by atoms with E-state index in [-0.39, 0.29) is 24.0 Å². The van der Waals surface area contributed by atoms with E-state index in [0.717, 1.165) is 37.3 Å². The van der Waals surface area contributed by atoms with Gasteiger partial charge in [-0.1, -0.05) is 19.8 Å². The Kier molecular flexibility index (Phi) is 7.25. The SMILES string of the molecule is CCNC(=NCC1CCC(C)CC1)NC1CC2CCC1O2.I. The lowest BCUT2D eigenvalue weighted by molar-refractivity contribution is 0.0992. The smallest absolute Gasteiger partial charge is 0.191 e. The highest BCUT2D eigenvalue weighted by Crippen LogP contribution is 2.34. The zero-order valence-corrected chi connectivity index (χ0v) is 16.3. The lowest BCUT2D eigenvalue weighted by atomic mass is 9.83. The molecular formula is C17H32IN3O. The van der Waals surface area contributed by atoms with Gasteiger partial charge in [-0.15, -0.1) is 24.0 Å². The Morgan fingerprint density at radius 2 is 1.91 bits per heavy atom. The van der Waals surface area contributed by atoms with Gasteiger partial charge in [0.25, 0.3) is 0 Å². The summed E-state index contributed by atoms with van der Waals surface area (Å²) in [5, 5.41) is 7.01. The molecule has 1 aliphatic carbocycles. The maximum atomic E-state index is 5.92. The molecule has 0 aromatic heterocycles. The number of nitrogens with one attached hydrogen (secondary N) is 2. The van der Waals surface area contributed by atoms with Gasteiger partial charge in [0.05, 0.1) is 18.2 Å². The molecule has 128 valence electrons. The minimum absolute atomic E-state index is 0. The van der Waals surface area contributed by atoms with E-state index in [2.05, 4.69) is 24.5 Å². The molecule has 0 aromatic rings. The van der Waals surface area contributed by atoms with E-state index < -0.39 is 0 Å². The second-order valence-corrected chi connectivity index (χ2v) is 7.21. The van der Waals surface area contributed by atoms with E-state index in [4.69, 9.17) is 9.73 Å². The summed E-state index contributed by atoms with van der Waals surface area (Å²) < 4.78 is 5.92. The van der Waals surface area contributed by atoms with Crippen LogP contribution in [-0.4, -0.2) is 37.3 Å². The predicted molar refractivity (Wildman–Crippen MR) is 102 cm³/mol. The first-order valence-electron chi connectivity index (χ1n) is 8.95. The normalized spacial score (nSPS) is 37.7. The molecule has 3 fully saturated rings. The number of hydrogen-bond acceptors (Lipinski definition) is 2. The molecule has 0 amide bonds. The molecule has 2 heterocycles. The van der Waals surface area contributed by atoms with Gasteiger partial charge in [-0.25, -0.2) is 0 Å². The highest BCUT2D eigenvalue weighted by Gasteiger charge is 2.41. The average molecular weight is 421 g/mol. The third-order valence-corrected chi connectivity index (χ3v) is 5.42. The molecule has 3 rings (SSSR count). The maximum absolute atomic E-state index is 5.92. The molecule has 22 heavy (non-hydrogen) atoms. The third-order valence-electron chi connectivity index (χ3n) is 5.42. The van der Waals surface area contributed by atoms with Crippen LogP contribution in [-0.2, 0) is 4.74 Å². The Bertz CT molecular complexity index is 369. The average Bonchev–Trinajstić information content (AvgIpc) is 3.09. The summed E-state index contributed by atoms with van der Waals surface area (Å²) in [6, 6.07) is 0.466. The van der Waals surface area contributed by atoms with Crippen molar-refractivity contribution in [3.05, 3.63) is 0 Å². The van der Waals surface area contributed by atoms with Gasteiger partial charge in [-0.05, 0) is 50.9 Å². The molecule has 5 heteroatoms. The molecule has 2 bridgehead atoms. The number of aliphatic imine (C=N–C) groups is 1. The van der Waals surface area contributed by atoms with Crippen LogP contribution in [0.4, 0.5) is 0 Å². The van der Waals surface area contributed by atoms with E-state index in [1.807, 2.05) is 0 Å². The van der Waals surface area contributed by atoms with Gasteiger partial charge >= 0.3 is 0 Å². The van der Waals surface area contributed by atoms with Crippen LogP contribution in [0.2, 0.25) is 0 Å². The van der Waals surface area contributed by atoms with Crippen LogP contribution in [0, 0.1) is 11.8 Å². The van der Waals surface area contributed by atoms with Crippen LogP contribution >= 0.6 is 24.0 Å². The lowest BCUT2D eigenvalue weighted by Crippen LogP contribution is -2.47. The van der Waals surface area contributed by atoms with Crippen molar-refractivity contribution in [2.45, 2.75) is 77.0 Å². The number of fused-ring (bicyclic) bond motifs is 2. The molecular weight excluding hydrogens is 389 g/mol. The highest BCUT2D eigenvalue weighted by molar-refractivity contribution is 14.0. The molecule has 2 N–H and O–H groups in total. The summed E-state index contributed by atoms with van der Waals surface area (Å²) in [5.41, 5.74) is 0. The monoisotopic (exact) mass is 421 g/mol. The van der Waals surface area contributed by atoms with Gasteiger partial charge in [0.2, 0.25) is 0 Å². The zero-order chi connectivity index (χ0) is 14.7. The van der Waals surface area contributed by atoms with E-state index in [9.17, 15) is 0 Å². The van der Waals surface area contributed by atoms with Crippen LogP contribution in [0.25, 0.3) is 0 Å². The largest absolute Gasteiger partial charge is 0.373 e. The van der Waals surface area contributed by atoms with Crippen molar-refractivity contribution >= 4 is 29.9 Å². The van der Waals surface area contributed by atoms with Crippen molar-refractivity contribution in [2.75, 3.05) is 13.1 Å². The molecule has 0 spiro atoms. The lowest BCUT2D eigenvalue weighted by Gasteiger charge is -2.26. The van der Waals surface area contributed by atoms with E-state index in [1.165, 1.54) is 38.5 Å². The van der Waals surface area contributed by atoms with Gasteiger partial charge in [0.1, 0.15) is 0 Å². The number of ether oxygens (including phenoxy) is 1. The Hall–Kier alpha value is -0.0400. The topological polar surface area (TPSA) is 45.7 Å². The number of hydrogen-bond donors (Lipinski definition) is 2. The number of rotatable bonds is 4. The van der Waals surface area contributed by atoms with Crippen LogP contribution in [0.5, 0.6) is 0 Å². The summed E-state index contributed by atoms with van der Waals surface area (Å²) in [5.74, 6) is 2.70. The first kappa shape index (κ1) is 18.3. The van der Waals surface area contributed by atoms with E-state index in [1.54, 1.807) is 0 Å². The highest BCUT2D eigenvalue weighted by atomic mass is 127. The first-order chi connectivity index (χ1) is 10.2. The summed E-state index contributed by atoms with van der Waals surface area (Å²) in [6.45, 7) is 6.41.